The van der Waals surface area contributed by atoms with Crippen LogP contribution in [0.3, 0.4) is 0 Å². The molecule has 0 saturated carbocycles. The van der Waals surface area contributed by atoms with Crippen molar-refractivity contribution in [3.63, 3.8) is 0 Å². The standard InChI is InChI=1S/C23H26N6O/c1-28-15-19(14-25-28)17-2-3-21-20(12-17)23(27-26-21)18-4-7-24-22(13-18)16-5-8-29(9-6-16)10-11-30/h2-4,7,12-16,30H,5-6,8-11H2,1H3,(H,26,27). The molecule has 1 aromatic carbocycles. The number of aryl methyl sites for hydroxylation is 1. The zero-order chi connectivity index (χ0) is 20.5. The van der Waals surface area contributed by atoms with Gasteiger partial charge in [-0.3, -0.25) is 14.8 Å². The summed E-state index contributed by atoms with van der Waals surface area (Å²) in [5, 5.41) is 22.3. The number of aliphatic hydroxyl groups is 1. The summed E-state index contributed by atoms with van der Waals surface area (Å²) in [6, 6.07) is 10.6. The maximum Gasteiger partial charge on any atom is 0.100 e. The van der Waals surface area contributed by atoms with Crippen molar-refractivity contribution in [1.82, 2.24) is 29.9 Å². The molecule has 5 rings (SSSR count). The van der Waals surface area contributed by atoms with E-state index in [0.29, 0.717) is 5.92 Å². The third-order valence-electron chi connectivity index (χ3n) is 6.08. The molecule has 2 N–H and O–H groups in total. The lowest BCUT2D eigenvalue weighted by molar-refractivity contribution is 0.163. The maximum absolute atomic E-state index is 9.15. The van der Waals surface area contributed by atoms with E-state index in [1.54, 1.807) is 0 Å². The number of hydrogen-bond acceptors (Lipinski definition) is 5. The van der Waals surface area contributed by atoms with Crippen LogP contribution in [0.1, 0.15) is 24.5 Å². The minimum Gasteiger partial charge on any atom is -0.395 e. The molecule has 0 radical (unpaired) electrons. The molecule has 4 heterocycles. The van der Waals surface area contributed by atoms with Gasteiger partial charge in [-0.15, -0.1) is 0 Å². The van der Waals surface area contributed by atoms with Gasteiger partial charge in [-0.25, -0.2) is 0 Å². The van der Waals surface area contributed by atoms with Gasteiger partial charge in [0.15, 0.2) is 0 Å². The predicted molar refractivity (Wildman–Crippen MR) is 117 cm³/mol. The molecule has 0 amide bonds. The van der Waals surface area contributed by atoms with Crippen molar-refractivity contribution in [2.75, 3.05) is 26.2 Å². The van der Waals surface area contributed by atoms with Gasteiger partial charge >= 0.3 is 0 Å². The Morgan fingerprint density at radius 2 is 1.97 bits per heavy atom. The van der Waals surface area contributed by atoms with Crippen LogP contribution in [-0.4, -0.2) is 61.2 Å². The molecule has 4 aromatic rings. The lowest BCUT2D eigenvalue weighted by Crippen LogP contribution is -2.35. The van der Waals surface area contributed by atoms with Crippen LogP contribution >= 0.6 is 0 Å². The molecular weight excluding hydrogens is 376 g/mol. The Hall–Kier alpha value is -3.03. The van der Waals surface area contributed by atoms with Crippen molar-refractivity contribution in [2.24, 2.45) is 7.05 Å². The van der Waals surface area contributed by atoms with E-state index in [0.717, 1.165) is 71.5 Å². The highest BCUT2D eigenvalue weighted by Crippen LogP contribution is 2.33. The molecule has 1 fully saturated rings. The zero-order valence-corrected chi connectivity index (χ0v) is 17.1. The summed E-state index contributed by atoms with van der Waals surface area (Å²) in [5.41, 5.74) is 6.42. The highest BCUT2D eigenvalue weighted by Gasteiger charge is 2.22. The molecule has 0 spiro atoms. The third-order valence-corrected chi connectivity index (χ3v) is 6.08. The zero-order valence-electron chi connectivity index (χ0n) is 17.1. The predicted octanol–water partition coefficient (Wildman–Crippen LogP) is 3.20. The van der Waals surface area contributed by atoms with Crippen molar-refractivity contribution in [1.29, 1.82) is 0 Å². The van der Waals surface area contributed by atoms with Crippen LogP contribution in [0.2, 0.25) is 0 Å². The SMILES string of the molecule is Cn1cc(-c2ccc3[nH]nc(-c4ccnc(C5CCN(CCO)CC5)c4)c3c2)cn1. The minimum atomic E-state index is 0.228. The Balaban J connectivity index is 1.45. The number of benzene rings is 1. The number of aromatic amines is 1. The van der Waals surface area contributed by atoms with Crippen molar-refractivity contribution < 1.29 is 5.11 Å². The van der Waals surface area contributed by atoms with E-state index in [1.165, 1.54) is 0 Å². The van der Waals surface area contributed by atoms with Gasteiger partial charge in [-0.05, 0) is 55.8 Å². The highest BCUT2D eigenvalue weighted by atomic mass is 16.3. The first kappa shape index (κ1) is 19.0. The molecule has 154 valence electrons. The molecule has 1 aliphatic rings. The second-order valence-electron chi connectivity index (χ2n) is 8.04. The summed E-state index contributed by atoms with van der Waals surface area (Å²) in [7, 11) is 1.93. The quantitative estimate of drug-likeness (QED) is 0.536. The van der Waals surface area contributed by atoms with Crippen LogP contribution in [0.15, 0.2) is 48.9 Å². The van der Waals surface area contributed by atoms with E-state index in [-0.39, 0.29) is 6.61 Å². The van der Waals surface area contributed by atoms with E-state index in [9.17, 15) is 0 Å². The molecule has 1 saturated heterocycles. The average molecular weight is 403 g/mol. The monoisotopic (exact) mass is 402 g/mol. The fourth-order valence-electron chi connectivity index (χ4n) is 4.40. The van der Waals surface area contributed by atoms with Crippen LogP contribution in [-0.2, 0) is 7.05 Å². The van der Waals surface area contributed by atoms with Crippen LogP contribution in [0.5, 0.6) is 0 Å². The normalized spacial score (nSPS) is 15.8. The summed E-state index contributed by atoms with van der Waals surface area (Å²) in [4.78, 5) is 7.00. The molecule has 3 aromatic heterocycles. The van der Waals surface area contributed by atoms with Crippen LogP contribution < -0.4 is 0 Å². The molecule has 0 unspecified atom stereocenters. The number of aromatic nitrogens is 5. The number of piperidine rings is 1. The van der Waals surface area contributed by atoms with Gasteiger partial charge in [-0.2, -0.15) is 10.2 Å². The fraction of sp³-hybridized carbons (Fsp3) is 0.348. The van der Waals surface area contributed by atoms with Crippen LogP contribution in [0.25, 0.3) is 33.3 Å². The molecule has 0 bridgehead atoms. The van der Waals surface area contributed by atoms with Gasteiger partial charge < -0.3 is 10.0 Å². The first-order chi connectivity index (χ1) is 14.7. The number of nitrogens with one attached hydrogen (secondary N) is 1. The van der Waals surface area contributed by atoms with Gasteiger partial charge in [-0.1, -0.05) is 6.07 Å². The maximum atomic E-state index is 9.15. The van der Waals surface area contributed by atoms with Gasteiger partial charge in [0.2, 0.25) is 0 Å². The van der Waals surface area contributed by atoms with E-state index < -0.39 is 0 Å². The highest BCUT2D eigenvalue weighted by molar-refractivity contribution is 5.95. The largest absolute Gasteiger partial charge is 0.395 e. The molecule has 0 aliphatic carbocycles. The van der Waals surface area contributed by atoms with E-state index in [2.05, 4.69) is 49.4 Å². The topological polar surface area (TPSA) is 82.9 Å². The Kier molecular flexibility index (Phi) is 5.06. The average Bonchev–Trinajstić information content (AvgIpc) is 3.40. The first-order valence-corrected chi connectivity index (χ1v) is 10.5. The molecular formula is C23H26N6O. The minimum absolute atomic E-state index is 0.228. The lowest BCUT2D eigenvalue weighted by Gasteiger charge is -2.31. The van der Waals surface area contributed by atoms with E-state index in [4.69, 9.17) is 5.11 Å². The lowest BCUT2D eigenvalue weighted by atomic mass is 9.92. The number of aliphatic hydroxyl groups excluding tert-OH is 1. The summed E-state index contributed by atoms with van der Waals surface area (Å²) >= 11 is 0. The number of fused-ring (bicyclic) bond motifs is 1. The summed E-state index contributed by atoms with van der Waals surface area (Å²) in [6.45, 7) is 3.01. The Morgan fingerprint density at radius 1 is 1.10 bits per heavy atom. The molecule has 1 aliphatic heterocycles. The van der Waals surface area contributed by atoms with Crippen molar-refractivity contribution in [2.45, 2.75) is 18.8 Å². The van der Waals surface area contributed by atoms with Crippen molar-refractivity contribution in [3.05, 3.63) is 54.6 Å². The summed E-state index contributed by atoms with van der Waals surface area (Å²) < 4.78 is 1.82. The van der Waals surface area contributed by atoms with Crippen LogP contribution in [0.4, 0.5) is 0 Å². The molecule has 7 heteroatoms. The second kappa shape index (κ2) is 8.01. The second-order valence-corrected chi connectivity index (χ2v) is 8.04. The number of nitrogens with zero attached hydrogens (tertiary/aromatic N) is 5. The Bertz CT molecular complexity index is 1160. The van der Waals surface area contributed by atoms with Gasteiger partial charge in [0.05, 0.1) is 18.3 Å². The summed E-state index contributed by atoms with van der Waals surface area (Å²) in [6.07, 6.45) is 7.95. The van der Waals surface area contributed by atoms with Crippen molar-refractivity contribution in [3.8, 4) is 22.4 Å². The van der Waals surface area contributed by atoms with E-state index >= 15 is 0 Å². The Morgan fingerprint density at radius 3 is 2.73 bits per heavy atom. The number of pyridine rings is 1. The summed E-state index contributed by atoms with van der Waals surface area (Å²) in [5.74, 6) is 0.455. The number of β-amino-alcohol motifs (C(OH)–C–C–N with tert-alkyl or cyclic N) is 1. The van der Waals surface area contributed by atoms with Crippen molar-refractivity contribution >= 4 is 10.9 Å². The van der Waals surface area contributed by atoms with Gasteiger partial charge in [0, 0.05) is 54.1 Å². The molecule has 30 heavy (non-hydrogen) atoms. The molecule has 7 nitrogen and oxygen atoms in total. The number of hydrogen-bond donors (Lipinski definition) is 2. The van der Waals surface area contributed by atoms with Gasteiger partial charge in [0.1, 0.15) is 5.69 Å². The Labute approximate surface area is 175 Å². The first-order valence-electron chi connectivity index (χ1n) is 10.5. The van der Waals surface area contributed by atoms with E-state index in [1.807, 2.05) is 36.4 Å². The number of H-pyrrole nitrogens is 1. The number of rotatable bonds is 5. The number of likely N-dealkylation sites (tertiary alicyclic amines) is 1. The third kappa shape index (κ3) is 3.62. The fourth-order valence-corrected chi connectivity index (χ4v) is 4.40. The van der Waals surface area contributed by atoms with Gasteiger partial charge in [0.25, 0.3) is 0 Å². The smallest absolute Gasteiger partial charge is 0.100 e. The molecule has 0 atom stereocenters. The van der Waals surface area contributed by atoms with Crippen LogP contribution in [0, 0.1) is 0 Å².